The number of rotatable bonds is 6. The minimum Gasteiger partial charge on any atom is -0.490 e. The number of ether oxygens (including phenoxy) is 1. The lowest BCUT2D eigenvalue weighted by Crippen LogP contribution is -2.30. The molecule has 1 aromatic rings. The predicted molar refractivity (Wildman–Crippen MR) is 64.2 cm³/mol. The SMILES string of the molecule is CC(CNC(C)C)COc1cc(F)ccc1F. The second kappa shape index (κ2) is 6.55. The van der Waals surface area contributed by atoms with E-state index >= 15 is 0 Å². The summed E-state index contributed by atoms with van der Waals surface area (Å²) >= 11 is 0. The third-order valence-electron chi connectivity index (χ3n) is 2.29. The van der Waals surface area contributed by atoms with E-state index in [2.05, 4.69) is 19.2 Å². The molecule has 1 aromatic carbocycles. The molecular formula is C13H19F2NO. The van der Waals surface area contributed by atoms with Crippen molar-refractivity contribution >= 4 is 0 Å². The fourth-order valence-corrected chi connectivity index (χ4v) is 1.32. The second-order valence-electron chi connectivity index (χ2n) is 4.55. The number of hydrogen-bond donors (Lipinski definition) is 1. The fraction of sp³-hybridized carbons (Fsp3) is 0.538. The molecule has 0 aliphatic heterocycles. The molecule has 0 aromatic heterocycles. The maximum absolute atomic E-state index is 13.2. The van der Waals surface area contributed by atoms with Crippen molar-refractivity contribution in [3.8, 4) is 5.75 Å². The van der Waals surface area contributed by atoms with Crippen LogP contribution in [0.15, 0.2) is 18.2 Å². The summed E-state index contributed by atoms with van der Waals surface area (Å²) in [6.45, 7) is 7.25. The van der Waals surface area contributed by atoms with E-state index in [0.29, 0.717) is 12.6 Å². The van der Waals surface area contributed by atoms with Crippen molar-refractivity contribution in [1.82, 2.24) is 5.32 Å². The minimum absolute atomic E-state index is 0.0265. The Labute approximate surface area is 101 Å². The fourth-order valence-electron chi connectivity index (χ4n) is 1.32. The maximum Gasteiger partial charge on any atom is 0.165 e. The first-order valence-electron chi connectivity index (χ1n) is 5.80. The highest BCUT2D eigenvalue weighted by molar-refractivity contribution is 5.24. The van der Waals surface area contributed by atoms with Crippen molar-refractivity contribution in [3.63, 3.8) is 0 Å². The van der Waals surface area contributed by atoms with Gasteiger partial charge in [-0.2, -0.15) is 0 Å². The molecule has 17 heavy (non-hydrogen) atoms. The van der Waals surface area contributed by atoms with Crippen LogP contribution in [0.1, 0.15) is 20.8 Å². The molecule has 0 fully saturated rings. The zero-order chi connectivity index (χ0) is 12.8. The summed E-state index contributed by atoms with van der Waals surface area (Å²) in [5.41, 5.74) is 0. The van der Waals surface area contributed by atoms with Gasteiger partial charge in [-0.15, -0.1) is 0 Å². The van der Waals surface area contributed by atoms with Crippen molar-refractivity contribution in [2.45, 2.75) is 26.8 Å². The van der Waals surface area contributed by atoms with Gasteiger partial charge in [0.05, 0.1) is 6.61 Å². The average molecular weight is 243 g/mol. The van der Waals surface area contributed by atoms with Gasteiger partial charge in [-0.25, -0.2) is 8.78 Å². The Morgan fingerprint density at radius 3 is 2.59 bits per heavy atom. The molecule has 0 radical (unpaired) electrons. The summed E-state index contributed by atoms with van der Waals surface area (Å²) in [7, 11) is 0. The van der Waals surface area contributed by atoms with E-state index in [1.54, 1.807) is 0 Å². The molecule has 0 spiro atoms. The van der Waals surface area contributed by atoms with Crippen molar-refractivity contribution in [2.24, 2.45) is 5.92 Å². The summed E-state index contributed by atoms with van der Waals surface area (Å²) < 4.78 is 31.4. The van der Waals surface area contributed by atoms with E-state index in [0.717, 1.165) is 24.7 Å². The van der Waals surface area contributed by atoms with Gasteiger partial charge in [0.2, 0.25) is 0 Å². The zero-order valence-electron chi connectivity index (χ0n) is 10.5. The molecule has 1 unspecified atom stereocenters. The molecule has 1 rings (SSSR count). The molecule has 96 valence electrons. The van der Waals surface area contributed by atoms with E-state index < -0.39 is 11.6 Å². The lowest BCUT2D eigenvalue weighted by atomic mass is 10.2. The summed E-state index contributed by atoms with van der Waals surface area (Å²) in [6, 6.07) is 3.62. The number of nitrogens with one attached hydrogen (secondary N) is 1. The Morgan fingerprint density at radius 2 is 1.94 bits per heavy atom. The lowest BCUT2D eigenvalue weighted by Gasteiger charge is -2.16. The third kappa shape index (κ3) is 5.13. The summed E-state index contributed by atoms with van der Waals surface area (Å²) in [4.78, 5) is 0. The number of halogens is 2. The van der Waals surface area contributed by atoms with E-state index in [4.69, 9.17) is 4.74 Å². The summed E-state index contributed by atoms with van der Waals surface area (Å²) in [5, 5.41) is 3.26. The van der Waals surface area contributed by atoms with Gasteiger partial charge >= 0.3 is 0 Å². The normalized spacial score (nSPS) is 12.8. The van der Waals surface area contributed by atoms with Gasteiger partial charge in [0.15, 0.2) is 11.6 Å². The molecular weight excluding hydrogens is 224 g/mol. The van der Waals surface area contributed by atoms with Gasteiger partial charge in [0.1, 0.15) is 5.82 Å². The first kappa shape index (κ1) is 13.9. The van der Waals surface area contributed by atoms with Crippen LogP contribution in [0.3, 0.4) is 0 Å². The van der Waals surface area contributed by atoms with E-state index in [-0.39, 0.29) is 11.7 Å². The largest absolute Gasteiger partial charge is 0.490 e. The molecule has 4 heteroatoms. The highest BCUT2D eigenvalue weighted by Crippen LogP contribution is 2.18. The Bertz CT molecular complexity index is 355. The Hall–Kier alpha value is -1.16. The summed E-state index contributed by atoms with van der Waals surface area (Å²) in [5.74, 6) is -0.814. The topological polar surface area (TPSA) is 21.3 Å². The first-order valence-corrected chi connectivity index (χ1v) is 5.80. The van der Waals surface area contributed by atoms with Crippen molar-refractivity contribution in [3.05, 3.63) is 29.8 Å². The zero-order valence-corrected chi connectivity index (χ0v) is 10.5. The Morgan fingerprint density at radius 1 is 1.24 bits per heavy atom. The van der Waals surface area contributed by atoms with Crippen molar-refractivity contribution in [2.75, 3.05) is 13.2 Å². The highest BCUT2D eigenvalue weighted by Gasteiger charge is 2.08. The van der Waals surface area contributed by atoms with Gasteiger partial charge < -0.3 is 10.1 Å². The standard InChI is InChI=1S/C13H19F2NO/c1-9(2)16-7-10(3)8-17-13-6-11(14)4-5-12(13)15/h4-6,9-10,16H,7-8H2,1-3H3. The Kier molecular flexibility index (Phi) is 5.35. The van der Waals surface area contributed by atoms with Gasteiger partial charge in [-0.05, 0) is 12.1 Å². The molecule has 0 saturated carbocycles. The molecule has 0 bridgehead atoms. The van der Waals surface area contributed by atoms with Gasteiger partial charge in [0.25, 0.3) is 0 Å². The molecule has 0 heterocycles. The van der Waals surface area contributed by atoms with Crippen LogP contribution in [0.25, 0.3) is 0 Å². The number of hydrogen-bond acceptors (Lipinski definition) is 2. The maximum atomic E-state index is 13.2. The molecule has 1 N–H and O–H groups in total. The molecule has 0 amide bonds. The first-order chi connectivity index (χ1) is 7.99. The molecule has 1 atom stereocenters. The molecule has 0 saturated heterocycles. The van der Waals surface area contributed by atoms with Gasteiger partial charge in [0, 0.05) is 24.6 Å². The summed E-state index contributed by atoms with van der Waals surface area (Å²) in [6.07, 6.45) is 0. The second-order valence-corrected chi connectivity index (χ2v) is 4.55. The van der Waals surface area contributed by atoms with E-state index in [1.807, 2.05) is 6.92 Å². The van der Waals surface area contributed by atoms with Crippen molar-refractivity contribution in [1.29, 1.82) is 0 Å². The molecule has 0 aliphatic rings. The molecule has 0 aliphatic carbocycles. The Balaban J connectivity index is 2.41. The van der Waals surface area contributed by atoms with E-state index in [9.17, 15) is 8.78 Å². The predicted octanol–water partition coefficient (Wildman–Crippen LogP) is 2.98. The smallest absolute Gasteiger partial charge is 0.165 e. The van der Waals surface area contributed by atoms with Crippen LogP contribution >= 0.6 is 0 Å². The van der Waals surface area contributed by atoms with Gasteiger partial charge in [-0.1, -0.05) is 20.8 Å². The third-order valence-corrected chi connectivity index (χ3v) is 2.29. The quantitative estimate of drug-likeness (QED) is 0.829. The lowest BCUT2D eigenvalue weighted by molar-refractivity contribution is 0.242. The highest BCUT2D eigenvalue weighted by atomic mass is 19.1. The minimum atomic E-state index is -0.532. The molecule has 2 nitrogen and oxygen atoms in total. The van der Waals surface area contributed by atoms with Crippen LogP contribution in [0.5, 0.6) is 5.75 Å². The van der Waals surface area contributed by atoms with Crippen LogP contribution in [-0.2, 0) is 0 Å². The number of benzene rings is 1. The van der Waals surface area contributed by atoms with Crippen LogP contribution in [-0.4, -0.2) is 19.2 Å². The van der Waals surface area contributed by atoms with E-state index in [1.165, 1.54) is 0 Å². The van der Waals surface area contributed by atoms with Crippen LogP contribution in [0.2, 0.25) is 0 Å². The van der Waals surface area contributed by atoms with Crippen LogP contribution < -0.4 is 10.1 Å². The van der Waals surface area contributed by atoms with Gasteiger partial charge in [-0.3, -0.25) is 0 Å². The monoisotopic (exact) mass is 243 g/mol. The average Bonchev–Trinajstić information content (AvgIpc) is 2.27. The van der Waals surface area contributed by atoms with Crippen LogP contribution in [0.4, 0.5) is 8.78 Å². The van der Waals surface area contributed by atoms with Crippen molar-refractivity contribution < 1.29 is 13.5 Å². The van der Waals surface area contributed by atoms with Crippen LogP contribution in [0, 0.1) is 17.6 Å².